The number of carbonyl (C=O) groups excluding carboxylic acids is 1. The highest BCUT2D eigenvalue weighted by molar-refractivity contribution is 7.10. The van der Waals surface area contributed by atoms with Crippen molar-refractivity contribution < 1.29 is 9.63 Å². The van der Waals surface area contributed by atoms with Crippen LogP contribution in [-0.2, 0) is 16.1 Å². The predicted molar refractivity (Wildman–Crippen MR) is 57.9 cm³/mol. The van der Waals surface area contributed by atoms with Crippen molar-refractivity contribution >= 4 is 23.3 Å². The van der Waals surface area contributed by atoms with Crippen LogP contribution < -0.4 is 0 Å². The number of likely N-dealkylation sites (N-methyl/N-ethyl adjacent to an activating group) is 1. The van der Waals surface area contributed by atoms with Crippen molar-refractivity contribution in [3.8, 4) is 0 Å². The number of rotatable bonds is 4. The van der Waals surface area contributed by atoms with Gasteiger partial charge in [-0.2, -0.15) is 0 Å². The number of nitrogens with zero attached hydrogens (tertiary/aromatic N) is 1. The first-order chi connectivity index (χ1) is 6.69. The predicted octanol–water partition coefficient (Wildman–Crippen LogP) is 1.95. The Bertz CT molecular complexity index is 333. The highest BCUT2D eigenvalue weighted by Crippen LogP contribution is 2.18. The van der Waals surface area contributed by atoms with Crippen LogP contribution in [0.25, 0.3) is 6.08 Å². The smallest absolute Gasteiger partial charge is 0.251 e. The highest BCUT2D eigenvalue weighted by Gasteiger charge is 2.11. The van der Waals surface area contributed by atoms with Gasteiger partial charge in [-0.25, -0.2) is 5.06 Å². The van der Waals surface area contributed by atoms with E-state index in [-0.39, 0.29) is 5.91 Å². The zero-order chi connectivity index (χ0) is 10.6. The Balaban J connectivity index is 2.69. The third kappa shape index (κ3) is 2.43. The largest absolute Gasteiger partial charge is 0.275 e. The van der Waals surface area contributed by atoms with E-state index in [1.54, 1.807) is 24.5 Å². The Morgan fingerprint density at radius 3 is 3.07 bits per heavy atom. The lowest BCUT2D eigenvalue weighted by Crippen LogP contribution is -2.26. The molecule has 14 heavy (non-hydrogen) atoms. The van der Waals surface area contributed by atoms with E-state index in [1.807, 2.05) is 11.4 Å². The maximum Gasteiger partial charge on any atom is 0.251 e. The van der Waals surface area contributed by atoms with Gasteiger partial charge < -0.3 is 0 Å². The number of hydrogen-bond acceptors (Lipinski definition) is 3. The zero-order valence-electron chi connectivity index (χ0n) is 8.32. The van der Waals surface area contributed by atoms with Crippen molar-refractivity contribution in [3.63, 3.8) is 0 Å². The molecule has 0 radical (unpaired) electrons. The van der Waals surface area contributed by atoms with Crippen LogP contribution in [0.4, 0.5) is 0 Å². The molecule has 1 rings (SSSR count). The minimum absolute atomic E-state index is 0.0574. The first-order valence-electron chi connectivity index (χ1n) is 4.18. The molecule has 0 aliphatic rings. The van der Waals surface area contributed by atoms with Gasteiger partial charge >= 0.3 is 0 Å². The van der Waals surface area contributed by atoms with Crippen molar-refractivity contribution in [1.29, 1.82) is 0 Å². The lowest BCUT2D eigenvalue weighted by molar-refractivity contribution is -0.167. The van der Waals surface area contributed by atoms with Gasteiger partial charge in [0.1, 0.15) is 0 Å². The van der Waals surface area contributed by atoms with E-state index < -0.39 is 0 Å². The first-order valence-corrected chi connectivity index (χ1v) is 5.06. The molecule has 0 saturated heterocycles. The summed E-state index contributed by atoms with van der Waals surface area (Å²) in [6.45, 7) is 3.69. The Labute approximate surface area is 87.6 Å². The molecule has 1 aromatic rings. The van der Waals surface area contributed by atoms with Crippen molar-refractivity contribution in [2.45, 2.75) is 6.42 Å². The van der Waals surface area contributed by atoms with Gasteiger partial charge in [-0.1, -0.05) is 12.7 Å². The molecule has 0 aliphatic carbocycles. The van der Waals surface area contributed by atoms with E-state index >= 15 is 0 Å². The van der Waals surface area contributed by atoms with Gasteiger partial charge in [0.25, 0.3) is 5.91 Å². The Morgan fingerprint density at radius 1 is 1.79 bits per heavy atom. The summed E-state index contributed by atoms with van der Waals surface area (Å²) >= 11 is 1.56. The van der Waals surface area contributed by atoms with Gasteiger partial charge in [0.15, 0.2) is 0 Å². The summed E-state index contributed by atoms with van der Waals surface area (Å²) in [7, 11) is 3.07. The minimum atomic E-state index is -0.0574. The fourth-order valence-electron chi connectivity index (χ4n) is 1.03. The van der Waals surface area contributed by atoms with E-state index in [2.05, 4.69) is 6.58 Å². The van der Waals surface area contributed by atoms with E-state index in [0.717, 1.165) is 10.4 Å². The Kier molecular flexibility index (Phi) is 3.85. The molecule has 0 aromatic carbocycles. The average molecular weight is 211 g/mol. The molecule has 3 nitrogen and oxygen atoms in total. The van der Waals surface area contributed by atoms with E-state index in [0.29, 0.717) is 6.42 Å². The van der Waals surface area contributed by atoms with Crippen LogP contribution >= 0.6 is 11.3 Å². The molecule has 0 spiro atoms. The molecule has 0 unspecified atom stereocenters. The van der Waals surface area contributed by atoms with Crippen LogP contribution in [0.3, 0.4) is 0 Å². The van der Waals surface area contributed by atoms with E-state index in [1.165, 1.54) is 12.2 Å². The molecule has 4 heteroatoms. The van der Waals surface area contributed by atoms with Crippen LogP contribution in [0.2, 0.25) is 0 Å². The summed E-state index contributed by atoms with van der Waals surface area (Å²) in [5.41, 5.74) is 1.02. The van der Waals surface area contributed by atoms with Crippen LogP contribution in [0, 0.1) is 0 Å². The summed E-state index contributed by atoms with van der Waals surface area (Å²) in [4.78, 5) is 17.3. The number of carbonyl (C=O) groups is 1. The van der Waals surface area contributed by atoms with Crippen LogP contribution in [-0.4, -0.2) is 25.1 Å². The van der Waals surface area contributed by atoms with E-state index in [9.17, 15) is 4.79 Å². The Morgan fingerprint density at radius 2 is 2.50 bits per heavy atom. The summed E-state index contributed by atoms with van der Waals surface area (Å²) in [6.07, 6.45) is 2.12. The topological polar surface area (TPSA) is 29.5 Å². The van der Waals surface area contributed by atoms with Crippen LogP contribution in [0.1, 0.15) is 10.4 Å². The molecule has 0 fully saturated rings. The molecule has 76 valence electrons. The number of thiophene rings is 1. The molecule has 0 aliphatic heterocycles. The average Bonchev–Trinajstić information content (AvgIpc) is 2.63. The normalized spacial score (nSPS) is 9.86. The van der Waals surface area contributed by atoms with Gasteiger partial charge in [-0.3, -0.25) is 9.63 Å². The maximum atomic E-state index is 11.5. The summed E-state index contributed by atoms with van der Waals surface area (Å²) < 4.78 is 0. The second-order valence-electron chi connectivity index (χ2n) is 2.75. The van der Waals surface area contributed by atoms with Crippen molar-refractivity contribution in [2.24, 2.45) is 0 Å². The van der Waals surface area contributed by atoms with Crippen LogP contribution in [0.15, 0.2) is 18.0 Å². The lowest BCUT2D eigenvalue weighted by atomic mass is 10.2. The second-order valence-corrected chi connectivity index (χ2v) is 3.75. The lowest BCUT2D eigenvalue weighted by Gasteiger charge is -2.12. The fourth-order valence-corrected chi connectivity index (χ4v) is 1.90. The minimum Gasteiger partial charge on any atom is -0.275 e. The molecule has 0 bridgehead atoms. The third-order valence-corrected chi connectivity index (χ3v) is 2.87. The van der Waals surface area contributed by atoms with Crippen molar-refractivity contribution in [2.75, 3.05) is 14.2 Å². The molecule has 1 amide bonds. The summed E-state index contributed by atoms with van der Waals surface area (Å²) in [5.74, 6) is -0.0574. The molecule has 1 aromatic heterocycles. The highest BCUT2D eigenvalue weighted by atomic mass is 32.1. The Hall–Kier alpha value is -1.13. The zero-order valence-corrected chi connectivity index (χ0v) is 9.13. The number of amides is 1. The third-order valence-electron chi connectivity index (χ3n) is 1.94. The second kappa shape index (κ2) is 4.93. The van der Waals surface area contributed by atoms with E-state index in [4.69, 9.17) is 4.84 Å². The molecule has 1 heterocycles. The molecule has 0 N–H and O–H groups in total. The van der Waals surface area contributed by atoms with Gasteiger partial charge in [-0.05, 0) is 17.0 Å². The summed E-state index contributed by atoms with van der Waals surface area (Å²) in [6, 6.07) is 1.95. The quantitative estimate of drug-likeness (QED) is 0.712. The maximum absolute atomic E-state index is 11.5. The van der Waals surface area contributed by atoms with Gasteiger partial charge in [0.2, 0.25) is 0 Å². The summed E-state index contributed by atoms with van der Waals surface area (Å²) in [5, 5.41) is 3.18. The molecular formula is C10H13NO2S. The molecular weight excluding hydrogens is 198 g/mol. The van der Waals surface area contributed by atoms with Gasteiger partial charge in [0, 0.05) is 11.9 Å². The number of hydroxylamine groups is 2. The fraction of sp³-hybridized carbons (Fsp3) is 0.300. The van der Waals surface area contributed by atoms with Gasteiger partial charge in [-0.15, -0.1) is 11.3 Å². The number of hydrogen-bond donors (Lipinski definition) is 0. The SMILES string of the molecule is C=Cc1ccsc1CC(=O)N(C)OC. The van der Waals surface area contributed by atoms with Crippen molar-refractivity contribution in [3.05, 3.63) is 28.5 Å². The molecule has 0 saturated carbocycles. The van der Waals surface area contributed by atoms with Crippen molar-refractivity contribution in [1.82, 2.24) is 5.06 Å². The molecule has 0 atom stereocenters. The van der Waals surface area contributed by atoms with Crippen LogP contribution in [0.5, 0.6) is 0 Å². The standard InChI is InChI=1S/C10H13NO2S/c1-4-8-5-6-14-9(8)7-10(12)11(2)13-3/h4-6H,1,7H2,2-3H3. The first kappa shape index (κ1) is 10.9. The monoisotopic (exact) mass is 211 g/mol. The van der Waals surface area contributed by atoms with Gasteiger partial charge in [0.05, 0.1) is 13.5 Å².